The minimum Gasteiger partial charge on any atom is -0.461 e. The molecule has 0 saturated heterocycles. The molecular weight excluding hydrogens is 260 g/mol. The third-order valence-corrected chi connectivity index (χ3v) is 2.64. The molecule has 0 fully saturated rings. The van der Waals surface area contributed by atoms with Crippen molar-refractivity contribution in [2.45, 2.75) is 33.4 Å². The van der Waals surface area contributed by atoms with Crippen LogP contribution >= 0.6 is 0 Å². The summed E-state index contributed by atoms with van der Waals surface area (Å²) in [5.74, 6) is -0.391. The summed E-state index contributed by atoms with van der Waals surface area (Å²) in [6.45, 7) is 7.53. The van der Waals surface area contributed by atoms with Gasteiger partial charge < -0.3 is 24.5 Å². The fraction of sp³-hybridized carbons (Fsp3) is 0.643. The van der Waals surface area contributed by atoms with E-state index in [0.717, 1.165) is 0 Å². The zero-order valence-electron chi connectivity index (χ0n) is 12.4. The van der Waals surface area contributed by atoms with Gasteiger partial charge in [0.05, 0.1) is 31.6 Å². The van der Waals surface area contributed by atoms with Crippen LogP contribution in [0.5, 0.6) is 0 Å². The largest absolute Gasteiger partial charge is 0.461 e. The first-order valence-corrected chi connectivity index (χ1v) is 6.92. The Labute approximate surface area is 119 Å². The summed E-state index contributed by atoms with van der Waals surface area (Å²) >= 11 is 0. The Hall–Kier alpha value is -1.53. The highest BCUT2D eigenvalue weighted by Gasteiger charge is 2.17. The summed E-state index contributed by atoms with van der Waals surface area (Å²) in [5, 5.41) is 12.2. The van der Waals surface area contributed by atoms with Gasteiger partial charge in [-0.15, -0.1) is 0 Å². The highest BCUT2D eigenvalue weighted by molar-refractivity contribution is 5.94. The Morgan fingerprint density at radius 1 is 1.50 bits per heavy atom. The summed E-state index contributed by atoms with van der Waals surface area (Å²) in [6.07, 6.45) is 1.94. The number of aliphatic hydroxyl groups is 1. The van der Waals surface area contributed by atoms with Crippen LogP contribution in [0.4, 0.5) is 5.69 Å². The molecule has 0 aliphatic carbocycles. The molecule has 20 heavy (non-hydrogen) atoms. The van der Waals surface area contributed by atoms with Gasteiger partial charge in [-0.3, -0.25) is 0 Å². The number of hydrogen-bond donors (Lipinski definition) is 2. The molecule has 0 unspecified atom stereocenters. The lowest BCUT2D eigenvalue weighted by atomic mass is 10.3. The number of hydrogen-bond acceptors (Lipinski definition) is 5. The summed E-state index contributed by atoms with van der Waals surface area (Å²) in [5.41, 5.74) is 1.13. The van der Waals surface area contributed by atoms with Crippen molar-refractivity contribution in [1.29, 1.82) is 0 Å². The fourth-order valence-electron chi connectivity index (χ4n) is 1.82. The monoisotopic (exact) mass is 284 g/mol. The van der Waals surface area contributed by atoms with Crippen molar-refractivity contribution in [3.8, 4) is 0 Å². The third-order valence-electron chi connectivity index (χ3n) is 2.64. The van der Waals surface area contributed by atoms with E-state index in [0.29, 0.717) is 37.7 Å². The molecule has 1 aromatic rings. The zero-order valence-corrected chi connectivity index (χ0v) is 12.4. The van der Waals surface area contributed by atoms with E-state index in [1.54, 1.807) is 23.8 Å². The maximum atomic E-state index is 12.0. The van der Waals surface area contributed by atoms with Crippen LogP contribution in [-0.4, -0.2) is 48.1 Å². The van der Waals surface area contributed by atoms with Crippen molar-refractivity contribution in [3.05, 3.63) is 18.0 Å². The Balaban J connectivity index is 2.71. The van der Waals surface area contributed by atoms with Gasteiger partial charge in [-0.25, -0.2) is 4.79 Å². The molecular formula is C14H24N2O4. The average Bonchev–Trinajstić information content (AvgIpc) is 2.78. The molecule has 0 aliphatic heterocycles. The Bertz CT molecular complexity index is 415. The molecule has 0 spiro atoms. The van der Waals surface area contributed by atoms with Gasteiger partial charge in [-0.1, -0.05) is 0 Å². The van der Waals surface area contributed by atoms with Crippen molar-refractivity contribution < 1.29 is 19.4 Å². The number of carbonyl (C=O) groups excluding carboxylic acids is 1. The second-order valence-corrected chi connectivity index (χ2v) is 4.56. The predicted octanol–water partition coefficient (Wildman–Crippen LogP) is 1.49. The lowest BCUT2D eigenvalue weighted by Gasteiger charge is -2.12. The number of ether oxygens (including phenoxy) is 2. The number of anilines is 1. The van der Waals surface area contributed by atoms with Crippen LogP contribution in [0.2, 0.25) is 0 Å². The normalized spacial score (nSPS) is 10.8. The van der Waals surface area contributed by atoms with Gasteiger partial charge in [-0.2, -0.15) is 0 Å². The molecule has 0 atom stereocenters. The van der Waals surface area contributed by atoms with Crippen molar-refractivity contribution in [2.75, 3.05) is 31.7 Å². The van der Waals surface area contributed by atoms with Crippen molar-refractivity contribution >= 4 is 11.7 Å². The summed E-state index contributed by atoms with van der Waals surface area (Å²) in [6, 6.07) is 1.80. The number of rotatable bonds is 9. The number of aromatic nitrogens is 1. The molecule has 6 nitrogen and oxygen atoms in total. The molecule has 0 aromatic carbocycles. The predicted molar refractivity (Wildman–Crippen MR) is 77.1 cm³/mol. The number of carbonyl (C=O) groups is 1. The average molecular weight is 284 g/mol. The van der Waals surface area contributed by atoms with E-state index in [1.165, 1.54) is 0 Å². The van der Waals surface area contributed by atoms with Crippen LogP contribution < -0.4 is 5.32 Å². The van der Waals surface area contributed by atoms with Gasteiger partial charge in [0.1, 0.15) is 0 Å². The van der Waals surface area contributed by atoms with E-state index in [4.69, 9.17) is 14.6 Å². The quantitative estimate of drug-likeness (QED) is 0.531. The zero-order chi connectivity index (χ0) is 15.0. The van der Waals surface area contributed by atoms with Gasteiger partial charge in [0, 0.05) is 19.3 Å². The SMILES string of the molecule is CCOC(=O)c1c(NCCOC(C)C)ccn1CCO. The summed E-state index contributed by atoms with van der Waals surface area (Å²) in [4.78, 5) is 12.0. The van der Waals surface area contributed by atoms with Crippen LogP contribution in [-0.2, 0) is 16.0 Å². The minimum absolute atomic E-state index is 0.0308. The van der Waals surface area contributed by atoms with E-state index in [2.05, 4.69) is 5.32 Å². The number of nitrogens with zero attached hydrogens (tertiary/aromatic N) is 1. The van der Waals surface area contributed by atoms with Crippen LogP contribution in [0.1, 0.15) is 31.3 Å². The second-order valence-electron chi connectivity index (χ2n) is 4.56. The first kappa shape index (κ1) is 16.5. The smallest absolute Gasteiger partial charge is 0.357 e. The first-order valence-electron chi connectivity index (χ1n) is 6.92. The van der Waals surface area contributed by atoms with Crippen LogP contribution in [0.25, 0.3) is 0 Å². The summed E-state index contributed by atoms with van der Waals surface area (Å²) < 4.78 is 12.2. The van der Waals surface area contributed by atoms with Gasteiger partial charge in [-0.05, 0) is 26.8 Å². The molecule has 0 saturated carbocycles. The molecule has 0 radical (unpaired) electrons. The maximum Gasteiger partial charge on any atom is 0.357 e. The Kier molecular flexibility index (Phi) is 7.11. The maximum absolute atomic E-state index is 12.0. The van der Waals surface area contributed by atoms with E-state index < -0.39 is 5.97 Å². The van der Waals surface area contributed by atoms with Crippen molar-refractivity contribution in [1.82, 2.24) is 4.57 Å². The standard InChI is InChI=1S/C14H24N2O4/c1-4-19-14(18)13-12(5-7-16(13)8-9-17)15-6-10-20-11(2)3/h5,7,11,15,17H,4,6,8-10H2,1-3H3. The van der Waals surface area contributed by atoms with Crippen LogP contribution in [0, 0.1) is 0 Å². The van der Waals surface area contributed by atoms with Gasteiger partial charge in [0.15, 0.2) is 5.69 Å². The van der Waals surface area contributed by atoms with E-state index in [9.17, 15) is 4.79 Å². The molecule has 2 N–H and O–H groups in total. The second kappa shape index (κ2) is 8.60. The topological polar surface area (TPSA) is 72.7 Å². The number of aliphatic hydroxyl groups excluding tert-OH is 1. The molecule has 114 valence electrons. The Morgan fingerprint density at radius 2 is 2.25 bits per heavy atom. The molecule has 0 aliphatic rings. The Morgan fingerprint density at radius 3 is 2.85 bits per heavy atom. The molecule has 0 bridgehead atoms. The third kappa shape index (κ3) is 4.86. The lowest BCUT2D eigenvalue weighted by Crippen LogP contribution is -2.18. The van der Waals surface area contributed by atoms with E-state index >= 15 is 0 Å². The number of nitrogens with one attached hydrogen (secondary N) is 1. The first-order chi connectivity index (χ1) is 9.60. The fourth-order valence-corrected chi connectivity index (χ4v) is 1.82. The highest BCUT2D eigenvalue weighted by atomic mass is 16.5. The van der Waals surface area contributed by atoms with Crippen LogP contribution in [0.15, 0.2) is 12.3 Å². The van der Waals surface area contributed by atoms with Crippen LogP contribution in [0.3, 0.4) is 0 Å². The van der Waals surface area contributed by atoms with E-state index in [-0.39, 0.29) is 12.7 Å². The molecule has 1 aromatic heterocycles. The van der Waals surface area contributed by atoms with Gasteiger partial charge in [0.2, 0.25) is 0 Å². The minimum atomic E-state index is -0.391. The molecule has 1 heterocycles. The van der Waals surface area contributed by atoms with Crippen molar-refractivity contribution in [3.63, 3.8) is 0 Å². The summed E-state index contributed by atoms with van der Waals surface area (Å²) in [7, 11) is 0. The van der Waals surface area contributed by atoms with E-state index in [1.807, 2.05) is 13.8 Å². The number of esters is 1. The highest BCUT2D eigenvalue weighted by Crippen LogP contribution is 2.18. The molecule has 6 heteroatoms. The molecule has 1 rings (SSSR count). The van der Waals surface area contributed by atoms with Gasteiger partial charge >= 0.3 is 5.97 Å². The molecule has 0 amide bonds. The van der Waals surface area contributed by atoms with Gasteiger partial charge in [0.25, 0.3) is 0 Å². The lowest BCUT2D eigenvalue weighted by molar-refractivity contribution is 0.0513. The van der Waals surface area contributed by atoms with Crippen molar-refractivity contribution in [2.24, 2.45) is 0 Å².